The maximum Gasteiger partial charge on any atom is 0.240 e. The molecule has 49 heavy (non-hydrogen) atoms. The minimum atomic E-state index is -1.23. The number of carbonyl (C=O) groups excluding carboxylic acids is 3. The number of nitrogens with two attached hydrogens (primary N) is 1. The lowest BCUT2D eigenvalue weighted by Gasteiger charge is -2.31. The van der Waals surface area contributed by atoms with Gasteiger partial charge in [-0.05, 0) is 93.2 Å². The van der Waals surface area contributed by atoms with E-state index in [1.165, 1.54) is 19.2 Å². The van der Waals surface area contributed by atoms with Gasteiger partial charge >= 0.3 is 0 Å². The molecule has 0 bridgehead atoms. The average Bonchev–Trinajstić information content (AvgIpc) is 3.92. The van der Waals surface area contributed by atoms with E-state index in [-0.39, 0.29) is 23.9 Å². The zero-order valence-electron chi connectivity index (χ0n) is 27.3. The summed E-state index contributed by atoms with van der Waals surface area (Å²) in [6.07, 6.45) is 4.09. The van der Waals surface area contributed by atoms with Crippen molar-refractivity contribution in [2.75, 3.05) is 51.1 Å². The zero-order chi connectivity index (χ0) is 34.5. The Morgan fingerprint density at radius 1 is 0.878 bits per heavy atom. The van der Waals surface area contributed by atoms with Gasteiger partial charge in [0, 0.05) is 35.1 Å². The van der Waals surface area contributed by atoms with Gasteiger partial charge in [0.2, 0.25) is 17.7 Å². The number of piperidine rings is 1. The number of likely N-dealkylation sites (tertiary alicyclic amines) is 1. The van der Waals surface area contributed by atoms with Crippen LogP contribution in [0.25, 0.3) is 10.9 Å². The van der Waals surface area contributed by atoms with Crippen LogP contribution in [0, 0.1) is 17.2 Å². The second-order valence-corrected chi connectivity index (χ2v) is 12.3. The molecule has 2 fully saturated rings. The van der Waals surface area contributed by atoms with Crippen molar-refractivity contribution in [1.29, 1.82) is 0 Å². The Morgan fingerprint density at radius 2 is 1.57 bits per heavy atom. The van der Waals surface area contributed by atoms with Gasteiger partial charge in [0.05, 0.1) is 32.9 Å². The lowest BCUT2D eigenvalue weighted by Crippen LogP contribution is -2.40. The van der Waals surface area contributed by atoms with E-state index >= 15 is 4.39 Å². The van der Waals surface area contributed by atoms with Gasteiger partial charge in [-0.1, -0.05) is 0 Å². The number of anilines is 2. The summed E-state index contributed by atoms with van der Waals surface area (Å²) < 4.78 is 38.2. The van der Waals surface area contributed by atoms with Gasteiger partial charge in [0.1, 0.15) is 16.9 Å². The Morgan fingerprint density at radius 3 is 2.20 bits per heavy atom. The first kappa shape index (κ1) is 33.5. The molecule has 4 aromatic rings. The molecule has 4 N–H and O–H groups in total. The van der Waals surface area contributed by atoms with Gasteiger partial charge in [-0.3, -0.25) is 24.3 Å². The van der Waals surface area contributed by atoms with Gasteiger partial charge in [-0.25, -0.2) is 4.39 Å². The largest absolute Gasteiger partial charge is 0.497 e. The lowest BCUT2D eigenvalue weighted by molar-refractivity contribution is -0.131. The summed E-state index contributed by atoms with van der Waals surface area (Å²) in [4.78, 5) is 43.9. The summed E-state index contributed by atoms with van der Waals surface area (Å²) in [5.41, 5.74) is 5.39. The highest BCUT2D eigenvalue weighted by Crippen LogP contribution is 2.48. The van der Waals surface area contributed by atoms with Crippen molar-refractivity contribution in [3.63, 3.8) is 0 Å². The van der Waals surface area contributed by atoms with Crippen molar-refractivity contribution in [2.45, 2.75) is 25.7 Å². The third kappa shape index (κ3) is 7.67. The molecule has 3 amide bonds. The van der Waals surface area contributed by atoms with Crippen molar-refractivity contribution >= 4 is 40.0 Å². The summed E-state index contributed by atoms with van der Waals surface area (Å²) in [6.45, 7) is 2.30. The normalized spacial score (nSPS) is 15.7. The Labute approximate surface area is 282 Å². The molecule has 0 atom stereocenters. The molecule has 1 saturated heterocycles. The van der Waals surface area contributed by atoms with Crippen molar-refractivity contribution in [1.82, 2.24) is 9.88 Å². The van der Waals surface area contributed by atoms with Crippen LogP contribution in [-0.4, -0.2) is 68.1 Å². The summed E-state index contributed by atoms with van der Waals surface area (Å²) in [6, 6.07) is 16.0. The number of benzene rings is 3. The number of primary amides is 1. The quantitative estimate of drug-likeness (QED) is 0.164. The van der Waals surface area contributed by atoms with E-state index in [1.54, 1.807) is 55.8 Å². The summed E-state index contributed by atoms with van der Waals surface area (Å²) >= 11 is 0. The van der Waals surface area contributed by atoms with E-state index in [0.717, 1.165) is 32.0 Å². The molecule has 2 heterocycles. The van der Waals surface area contributed by atoms with Gasteiger partial charge in [-0.2, -0.15) is 0 Å². The lowest BCUT2D eigenvalue weighted by atomic mass is 9.98. The molecule has 0 radical (unpaired) electrons. The van der Waals surface area contributed by atoms with Gasteiger partial charge in [-0.15, -0.1) is 0 Å². The topological polar surface area (TPSA) is 154 Å². The number of halogens is 1. The number of aromatic nitrogens is 1. The van der Waals surface area contributed by atoms with E-state index in [0.29, 0.717) is 65.0 Å². The Balaban J connectivity index is 1.10. The monoisotopic (exact) mass is 671 g/mol. The molecule has 1 aromatic heterocycles. The Bertz CT molecular complexity index is 1860. The third-order valence-electron chi connectivity index (χ3n) is 8.92. The van der Waals surface area contributed by atoms with Crippen LogP contribution in [0.3, 0.4) is 0 Å². The van der Waals surface area contributed by atoms with Crippen molar-refractivity contribution in [3.8, 4) is 28.7 Å². The summed E-state index contributed by atoms with van der Waals surface area (Å²) in [7, 11) is 3.08. The highest BCUT2D eigenvalue weighted by atomic mass is 19.1. The third-order valence-corrected chi connectivity index (χ3v) is 8.92. The fourth-order valence-corrected chi connectivity index (χ4v) is 5.87. The minimum Gasteiger partial charge on any atom is -0.497 e. The maximum absolute atomic E-state index is 15.3. The van der Waals surface area contributed by atoms with Crippen LogP contribution in [0.5, 0.6) is 28.7 Å². The molecule has 3 aromatic carbocycles. The minimum absolute atomic E-state index is 0.0640. The Hall–Kier alpha value is -5.43. The highest BCUT2D eigenvalue weighted by molar-refractivity contribution is 6.16. The van der Waals surface area contributed by atoms with Crippen molar-refractivity contribution in [2.24, 2.45) is 17.1 Å². The molecule has 0 unspecified atom stereocenters. The molecule has 1 aliphatic heterocycles. The molecule has 1 aliphatic carbocycles. The van der Waals surface area contributed by atoms with Crippen molar-refractivity contribution in [3.05, 3.63) is 72.7 Å². The van der Waals surface area contributed by atoms with Crippen LogP contribution in [0.4, 0.5) is 15.8 Å². The van der Waals surface area contributed by atoms with Crippen LogP contribution in [0.2, 0.25) is 0 Å². The molecule has 1 saturated carbocycles. The molecule has 12 nitrogen and oxygen atoms in total. The first-order chi connectivity index (χ1) is 23.7. The number of pyridine rings is 1. The standard InChI is InChI=1S/C36H38FN5O7/c1-46-25-6-3-23(4-7-25)40-34(44)36(12-13-36)35(45)41-24-5-8-30(27(37)17-24)49-29-9-14-39-28-19-32(31(47-2)18-26(28)29)48-21-22-10-15-42(16-11-22)20-33(38)43/h3-9,14,17-19,22H,10-13,15-16,20-21H2,1-2H3,(H2,38,43)(H,40,44)(H,41,45). The fraction of sp³-hybridized carbons (Fsp3) is 0.333. The van der Waals surface area contributed by atoms with E-state index in [9.17, 15) is 14.4 Å². The van der Waals surface area contributed by atoms with E-state index in [1.807, 2.05) is 4.90 Å². The number of nitrogens with one attached hydrogen (secondary N) is 2. The van der Waals surface area contributed by atoms with E-state index in [4.69, 9.17) is 24.7 Å². The predicted octanol–water partition coefficient (Wildman–Crippen LogP) is 5.12. The van der Waals surface area contributed by atoms with Gasteiger partial charge in [0.15, 0.2) is 23.1 Å². The Kier molecular flexibility index (Phi) is 9.81. The van der Waals surface area contributed by atoms with Crippen molar-refractivity contribution < 1.29 is 37.7 Å². The van der Waals surface area contributed by atoms with Crippen LogP contribution >= 0.6 is 0 Å². The van der Waals surface area contributed by atoms with Crippen LogP contribution < -0.4 is 35.3 Å². The zero-order valence-corrected chi connectivity index (χ0v) is 27.3. The van der Waals surface area contributed by atoms with Crippen LogP contribution in [-0.2, 0) is 14.4 Å². The SMILES string of the molecule is COc1ccc(NC(=O)C2(C(=O)Nc3ccc(Oc4ccnc5cc(OCC6CCN(CC(N)=O)CC6)c(OC)cc45)c(F)c3)CC2)cc1. The molecule has 256 valence electrons. The smallest absolute Gasteiger partial charge is 0.240 e. The first-order valence-corrected chi connectivity index (χ1v) is 16.0. The molecular formula is C36H38FN5O7. The number of nitrogens with zero attached hydrogens (tertiary/aromatic N) is 2. The second kappa shape index (κ2) is 14.4. The molecular weight excluding hydrogens is 633 g/mol. The van der Waals surface area contributed by atoms with Gasteiger partial charge < -0.3 is 35.3 Å². The van der Waals surface area contributed by atoms with E-state index in [2.05, 4.69) is 15.6 Å². The molecule has 6 rings (SSSR count). The number of amides is 3. The first-order valence-electron chi connectivity index (χ1n) is 16.0. The van der Waals surface area contributed by atoms with Crippen LogP contribution in [0.15, 0.2) is 66.9 Å². The van der Waals surface area contributed by atoms with Gasteiger partial charge in [0.25, 0.3) is 0 Å². The predicted molar refractivity (Wildman–Crippen MR) is 181 cm³/mol. The number of carbonyl (C=O) groups is 3. The fourth-order valence-electron chi connectivity index (χ4n) is 5.87. The number of methoxy groups -OCH3 is 2. The summed E-state index contributed by atoms with van der Waals surface area (Å²) in [5, 5.41) is 6.05. The number of ether oxygens (including phenoxy) is 4. The average molecular weight is 672 g/mol. The number of hydrogen-bond donors (Lipinski definition) is 3. The van der Waals surface area contributed by atoms with Crippen LogP contribution in [0.1, 0.15) is 25.7 Å². The second-order valence-electron chi connectivity index (χ2n) is 12.3. The molecule has 2 aliphatic rings. The maximum atomic E-state index is 15.3. The number of fused-ring (bicyclic) bond motifs is 1. The number of hydrogen-bond acceptors (Lipinski definition) is 9. The number of rotatable bonds is 13. The molecule has 13 heteroatoms. The van der Waals surface area contributed by atoms with E-state index < -0.39 is 23.0 Å². The summed E-state index contributed by atoms with van der Waals surface area (Å²) in [5.74, 6) is 0.272. The highest BCUT2D eigenvalue weighted by Gasteiger charge is 2.56. The molecule has 0 spiro atoms.